The van der Waals surface area contributed by atoms with Crippen molar-refractivity contribution >= 4 is 34.8 Å². The number of anilines is 2. The first kappa shape index (κ1) is 14.7. The minimum absolute atomic E-state index is 0.574. The van der Waals surface area contributed by atoms with Crippen molar-refractivity contribution in [2.24, 2.45) is 5.92 Å². The number of hydrogen-bond acceptors (Lipinski definition) is 3. The lowest BCUT2D eigenvalue weighted by molar-refractivity contribution is 0.545. The molecule has 0 spiro atoms. The molecule has 0 amide bonds. The number of pyridine rings is 1. The summed E-state index contributed by atoms with van der Waals surface area (Å²) in [6.45, 7) is 3.83. The van der Waals surface area contributed by atoms with Gasteiger partial charge in [0.15, 0.2) is 0 Å². The van der Waals surface area contributed by atoms with E-state index in [9.17, 15) is 0 Å². The Bertz CT molecular complexity index is 431. The zero-order chi connectivity index (χ0) is 13.8. The molecule has 1 N–H and O–H groups in total. The quantitative estimate of drug-likeness (QED) is 0.871. The highest BCUT2D eigenvalue weighted by Gasteiger charge is 2.19. The molecule has 1 aliphatic carbocycles. The van der Waals surface area contributed by atoms with Crippen molar-refractivity contribution in [2.45, 2.75) is 32.6 Å². The van der Waals surface area contributed by atoms with Crippen LogP contribution in [0.2, 0.25) is 10.0 Å². The van der Waals surface area contributed by atoms with Gasteiger partial charge in [0, 0.05) is 20.1 Å². The van der Waals surface area contributed by atoms with Gasteiger partial charge in [-0.15, -0.1) is 0 Å². The molecule has 19 heavy (non-hydrogen) atoms. The highest BCUT2D eigenvalue weighted by atomic mass is 35.5. The smallest absolute Gasteiger partial charge is 0.149 e. The van der Waals surface area contributed by atoms with Crippen molar-refractivity contribution in [3.8, 4) is 0 Å². The lowest BCUT2D eigenvalue weighted by Crippen LogP contribution is -2.25. The van der Waals surface area contributed by atoms with E-state index in [1.165, 1.54) is 25.7 Å². The number of nitrogens with zero attached hydrogens (tertiary/aromatic N) is 2. The van der Waals surface area contributed by atoms with Gasteiger partial charge < -0.3 is 10.2 Å². The van der Waals surface area contributed by atoms with Gasteiger partial charge in [0.2, 0.25) is 0 Å². The molecule has 1 aromatic rings. The summed E-state index contributed by atoms with van der Waals surface area (Å²) >= 11 is 12.4. The predicted molar refractivity (Wildman–Crippen MR) is 83.6 cm³/mol. The minimum atomic E-state index is 0.574. The van der Waals surface area contributed by atoms with E-state index in [0.717, 1.165) is 24.8 Å². The third-order valence-corrected chi connectivity index (χ3v) is 4.19. The van der Waals surface area contributed by atoms with Crippen LogP contribution in [0.1, 0.15) is 32.6 Å². The maximum atomic E-state index is 6.27. The van der Waals surface area contributed by atoms with Crippen LogP contribution in [0.25, 0.3) is 0 Å². The van der Waals surface area contributed by atoms with E-state index >= 15 is 0 Å². The van der Waals surface area contributed by atoms with Gasteiger partial charge in [-0.1, -0.05) is 36.0 Å². The maximum absolute atomic E-state index is 6.27. The van der Waals surface area contributed by atoms with Gasteiger partial charge in [0.25, 0.3) is 0 Å². The molecule has 1 aromatic heterocycles. The maximum Gasteiger partial charge on any atom is 0.149 e. The van der Waals surface area contributed by atoms with E-state index in [2.05, 4.69) is 22.2 Å². The predicted octanol–water partition coefficient (Wildman–Crippen LogP) is 4.45. The van der Waals surface area contributed by atoms with Crippen LogP contribution in [-0.2, 0) is 0 Å². The first-order valence-electron chi connectivity index (χ1n) is 6.92. The van der Waals surface area contributed by atoms with Crippen LogP contribution >= 0.6 is 23.2 Å². The molecule has 0 aliphatic heterocycles. The molecule has 0 unspecified atom stereocenters. The van der Waals surface area contributed by atoms with Crippen LogP contribution in [0.15, 0.2) is 6.07 Å². The van der Waals surface area contributed by atoms with Gasteiger partial charge in [0.1, 0.15) is 11.6 Å². The van der Waals surface area contributed by atoms with Crippen LogP contribution in [0.5, 0.6) is 0 Å². The van der Waals surface area contributed by atoms with Crippen LogP contribution in [0, 0.1) is 5.92 Å². The summed E-state index contributed by atoms with van der Waals surface area (Å²) in [6.07, 6.45) is 5.33. The normalized spacial score (nSPS) is 15.8. The van der Waals surface area contributed by atoms with Gasteiger partial charge in [-0.2, -0.15) is 0 Å². The molecule has 3 nitrogen and oxygen atoms in total. The molecule has 0 aromatic carbocycles. The van der Waals surface area contributed by atoms with Gasteiger partial charge >= 0.3 is 0 Å². The summed E-state index contributed by atoms with van der Waals surface area (Å²) in [5.74, 6) is 2.29. The van der Waals surface area contributed by atoms with Crippen molar-refractivity contribution in [1.82, 2.24) is 4.98 Å². The van der Waals surface area contributed by atoms with Crippen molar-refractivity contribution in [3.05, 3.63) is 16.1 Å². The summed E-state index contributed by atoms with van der Waals surface area (Å²) in [5, 5.41) is 4.36. The highest BCUT2D eigenvalue weighted by Crippen LogP contribution is 2.33. The molecular weight excluding hydrogens is 281 g/mol. The first-order chi connectivity index (χ1) is 9.11. The molecule has 1 fully saturated rings. The van der Waals surface area contributed by atoms with Crippen LogP contribution in [-0.4, -0.2) is 25.1 Å². The standard InChI is InChI=1S/C14H21Cl2N3/c1-3-17-13-11(15)8-12(16)14(18-13)19(2)9-10-6-4-5-7-10/h8,10H,3-7,9H2,1-2H3,(H,17,18). The van der Waals surface area contributed by atoms with Crippen LogP contribution in [0.3, 0.4) is 0 Å². The average molecular weight is 302 g/mol. The summed E-state index contributed by atoms with van der Waals surface area (Å²) in [5.41, 5.74) is 0. The number of rotatable bonds is 5. The molecule has 0 bridgehead atoms. The Morgan fingerprint density at radius 1 is 1.32 bits per heavy atom. The monoisotopic (exact) mass is 301 g/mol. The van der Waals surface area contributed by atoms with E-state index < -0.39 is 0 Å². The summed E-state index contributed by atoms with van der Waals surface area (Å²) in [7, 11) is 2.05. The fraction of sp³-hybridized carbons (Fsp3) is 0.643. The number of hydrogen-bond donors (Lipinski definition) is 1. The van der Waals surface area contributed by atoms with Crippen LogP contribution < -0.4 is 10.2 Å². The minimum Gasteiger partial charge on any atom is -0.369 e. The number of nitrogens with one attached hydrogen (secondary N) is 1. The lowest BCUT2D eigenvalue weighted by atomic mass is 10.1. The van der Waals surface area contributed by atoms with Gasteiger partial charge in [0.05, 0.1) is 10.0 Å². The lowest BCUT2D eigenvalue weighted by Gasteiger charge is -2.23. The Morgan fingerprint density at radius 2 is 2.00 bits per heavy atom. The van der Waals surface area contributed by atoms with E-state index in [1.807, 2.05) is 6.92 Å². The van der Waals surface area contributed by atoms with Crippen molar-refractivity contribution in [2.75, 3.05) is 30.4 Å². The molecule has 0 atom stereocenters. The summed E-state index contributed by atoms with van der Waals surface area (Å²) < 4.78 is 0. The molecule has 1 heterocycles. The van der Waals surface area contributed by atoms with E-state index in [-0.39, 0.29) is 0 Å². The Balaban J connectivity index is 2.14. The zero-order valence-corrected chi connectivity index (χ0v) is 13.1. The SMILES string of the molecule is CCNc1nc(N(C)CC2CCCC2)c(Cl)cc1Cl. The fourth-order valence-corrected chi connectivity index (χ4v) is 3.25. The topological polar surface area (TPSA) is 28.2 Å². The Kier molecular flexibility index (Phi) is 5.17. The largest absolute Gasteiger partial charge is 0.369 e. The van der Waals surface area contributed by atoms with E-state index in [0.29, 0.717) is 15.9 Å². The third-order valence-electron chi connectivity index (χ3n) is 3.62. The second-order valence-corrected chi connectivity index (χ2v) is 6.00. The molecule has 106 valence electrons. The molecule has 0 radical (unpaired) electrons. The summed E-state index contributed by atoms with van der Waals surface area (Å²) in [4.78, 5) is 6.70. The van der Waals surface area contributed by atoms with Crippen molar-refractivity contribution in [3.63, 3.8) is 0 Å². The second-order valence-electron chi connectivity index (χ2n) is 5.19. The van der Waals surface area contributed by atoms with Gasteiger partial charge in [-0.05, 0) is 31.7 Å². The molecular formula is C14H21Cl2N3. The molecule has 5 heteroatoms. The van der Waals surface area contributed by atoms with E-state index in [4.69, 9.17) is 23.2 Å². The van der Waals surface area contributed by atoms with Gasteiger partial charge in [-0.25, -0.2) is 4.98 Å². The summed E-state index contributed by atoms with van der Waals surface area (Å²) in [6, 6.07) is 1.77. The molecule has 2 rings (SSSR count). The number of aromatic nitrogens is 1. The number of halogens is 2. The molecule has 1 aliphatic rings. The fourth-order valence-electron chi connectivity index (χ4n) is 2.68. The zero-order valence-electron chi connectivity index (χ0n) is 11.5. The Labute approximate surface area is 125 Å². The Hall–Kier alpha value is -0.670. The van der Waals surface area contributed by atoms with Crippen LogP contribution in [0.4, 0.5) is 11.6 Å². The second kappa shape index (κ2) is 6.67. The third kappa shape index (κ3) is 3.67. The van der Waals surface area contributed by atoms with Gasteiger partial charge in [-0.3, -0.25) is 0 Å². The Morgan fingerprint density at radius 3 is 2.63 bits per heavy atom. The first-order valence-corrected chi connectivity index (χ1v) is 7.68. The molecule has 0 saturated heterocycles. The van der Waals surface area contributed by atoms with E-state index in [1.54, 1.807) is 6.07 Å². The van der Waals surface area contributed by atoms with Crippen molar-refractivity contribution in [1.29, 1.82) is 0 Å². The van der Waals surface area contributed by atoms with Crippen molar-refractivity contribution < 1.29 is 0 Å². The molecule has 1 saturated carbocycles. The highest BCUT2D eigenvalue weighted by molar-refractivity contribution is 6.37. The average Bonchev–Trinajstić information content (AvgIpc) is 2.85.